The van der Waals surface area contributed by atoms with Crippen LogP contribution in [0, 0.1) is 25.2 Å². The molecule has 0 aliphatic heterocycles. The second kappa shape index (κ2) is 7.47. The molecular weight excluding hydrogens is 336 g/mol. The summed E-state index contributed by atoms with van der Waals surface area (Å²) in [4.78, 5) is 0. The van der Waals surface area contributed by atoms with Crippen LogP contribution in [0.2, 0.25) is 0 Å². The molecule has 0 unspecified atom stereocenters. The van der Waals surface area contributed by atoms with Gasteiger partial charge in [0.2, 0.25) is 5.13 Å². The number of nitriles is 1. The molecule has 0 fully saturated rings. The van der Waals surface area contributed by atoms with E-state index >= 15 is 0 Å². The zero-order valence-electron chi connectivity index (χ0n) is 13.4. The molecule has 1 aromatic heterocycles. The first-order valence-corrected chi connectivity index (χ1v) is 9.24. The smallest absolute Gasteiger partial charge is 0.210 e. The molecule has 0 atom stereocenters. The van der Waals surface area contributed by atoms with Crippen molar-refractivity contribution < 1.29 is 0 Å². The van der Waals surface area contributed by atoms with E-state index in [1.807, 2.05) is 30.3 Å². The molecule has 6 heteroatoms. The predicted molar refractivity (Wildman–Crippen MR) is 99.8 cm³/mol. The van der Waals surface area contributed by atoms with Crippen LogP contribution in [0.15, 0.2) is 46.8 Å². The van der Waals surface area contributed by atoms with E-state index in [0.717, 1.165) is 26.5 Å². The number of thioether (sulfide) groups is 1. The number of nitrogens with one attached hydrogen (secondary N) is 1. The molecule has 0 amide bonds. The van der Waals surface area contributed by atoms with Crippen molar-refractivity contribution in [3.63, 3.8) is 0 Å². The monoisotopic (exact) mass is 352 g/mol. The first-order valence-electron chi connectivity index (χ1n) is 7.43. The van der Waals surface area contributed by atoms with Crippen molar-refractivity contribution in [2.75, 3.05) is 5.32 Å². The van der Waals surface area contributed by atoms with Gasteiger partial charge in [0.15, 0.2) is 4.34 Å². The molecule has 4 nitrogen and oxygen atoms in total. The standard InChI is InChI=1S/C18H16N4S2/c1-12-3-8-16(9-13(12)2)20-17-21-22-18(24-17)23-11-15-6-4-14(10-19)5-7-15/h3-9H,11H2,1-2H3,(H,20,21). The second-order valence-electron chi connectivity index (χ2n) is 5.39. The number of aromatic nitrogens is 2. The molecule has 0 radical (unpaired) electrons. The zero-order chi connectivity index (χ0) is 16.9. The molecule has 1 heterocycles. The van der Waals surface area contributed by atoms with Crippen molar-refractivity contribution in [3.05, 3.63) is 64.7 Å². The number of nitrogens with zero attached hydrogens (tertiary/aromatic N) is 3. The number of benzene rings is 2. The minimum atomic E-state index is 0.680. The number of hydrogen-bond acceptors (Lipinski definition) is 6. The van der Waals surface area contributed by atoms with E-state index < -0.39 is 0 Å². The van der Waals surface area contributed by atoms with Gasteiger partial charge in [0, 0.05) is 11.4 Å². The first kappa shape index (κ1) is 16.5. The van der Waals surface area contributed by atoms with Gasteiger partial charge in [-0.25, -0.2) is 0 Å². The Hall–Kier alpha value is -2.36. The van der Waals surface area contributed by atoms with E-state index in [-0.39, 0.29) is 0 Å². The highest BCUT2D eigenvalue weighted by atomic mass is 32.2. The lowest BCUT2D eigenvalue weighted by Crippen LogP contribution is -1.91. The van der Waals surface area contributed by atoms with Crippen LogP contribution in [0.4, 0.5) is 10.8 Å². The second-order valence-corrected chi connectivity index (χ2v) is 7.59. The predicted octanol–water partition coefficient (Wildman–Crippen LogP) is 5.06. The molecular formula is C18H16N4S2. The molecule has 1 N–H and O–H groups in total. The maximum atomic E-state index is 8.81. The summed E-state index contributed by atoms with van der Waals surface area (Å²) in [5.41, 5.74) is 5.40. The lowest BCUT2D eigenvalue weighted by molar-refractivity contribution is 1.01. The third-order valence-corrected chi connectivity index (χ3v) is 5.65. The quantitative estimate of drug-likeness (QED) is 0.650. The summed E-state index contributed by atoms with van der Waals surface area (Å²) < 4.78 is 0.922. The van der Waals surface area contributed by atoms with Gasteiger partial charge in [0.1, 0.15) is 0 Å². The van der Waals surface area contributed by atoms with Gasteiger partial charge in [-0.2, -0.15) is 5.26 Å². The van der Waals surface area contributed by atoms with Gasteiger partial charge in [0.05, 0.1) is 11.6 Å². The van der Waals surface area contributed by atoms with Crippen LogP contribution in [0.1, 0.15) is 22.3 Å². The highest BCUT2D eigenvalue weighted by molar-refractivity contribution is 8.00. The van der Waals surface area contributed by atoms with E-state index in [9.17, 15) is 0 Å². The Morgan fingerprint density at radius 3 is 2.58 bits per heavy atom. The fourth-order valence-corrected chi connectivity index (χ4v) is 3.81. The number of hydrogen-bond donors (Lipinski definition) is 1. The van der Waals surface area contributed by atoms with Crippen LogP contribution in [0.3, 0.4) is 0 Å². The Labute approximate surface area is 149 Å². The molecule has 2 aromatic carbocycles. The summed E-state index contributed by atoms with van der Waals surface area (Å²) in [6.45, 7) is 4.20. The van der Waals surface area contributed by atoms with Crippen molar-refractivity contribution in [2.24, 2.45) is 0 Å². The lowest BCUT2D eigenvalue weighted by atomic mass is 10.1. The van der Waals surface area contributed by atoms with Crippen molar-refractivity contribution in [1.82, 2.24) is 10.2 Å². The van der Waals surface area contributed by atoms with Crippen molar-refractivity contribution in [3.8, 4) is 6.07 Å². The van der Waals surface area contributed by atoms with Gasteiger partial charge in [0.25, 0.3) is 0 Å². The Balaban J connectivity index is 1.60. The Morgan fingerprint density at radius 2 is 1.88 bits per heavy atom. The zero-order valence-corrected chi connectivity index (χ0v) is 15.0. The van der Waals surface area contributed by atoms with Gasteiger partial charge in [-0.1, -0.05) is 41.3 Å². The maximum absolute atomic E-state index is 8.81. The molecule has 3 aromatic rings. The number of aryl methyl sites for hydroxylation is 2. The number of rotatable bonds is 5. The summed E-state index contributed by atoms with van der Waals surface area (Å²) in [5.74, 6) is 0.810. The van der Waals surface area contributed by atoms with E-state index in [1.165, 1.54) is 11.1 Å². The molecule has 0 spiro atoms. The van der Waals surface area contributed by atoms with E-state index in [2.05, 4.69) is 47.6 Å². The molecule has 0 bridgehead atoms. The van der Waals surface area contributed by atoms with Gasteiger partial charge >= 0.3 is 0 Å². The van der Waals surface area contributed by atoms with Crippen LogP contribution in [0.25, 0.3) is 0 Å². The van der Waals surface area contributed by atoms with Crippen LogP contribution in [-0.4, -0.2) is 10.2 Å². The summed E-state index contributed by atoms with van der Waals surface area (Å²) in [5, 5.41) is 21.3. The largest absolute Gasteiger partial charge is 0.330 e. The fourth-order valence-electron chi connectivity index (χ4n) is 2.08. The van der Waals surface area contributed by atoms with Crippen LogP contribution >= 0.6 is 23.1 Å². The minimum absolute atomic E-state index is 0.680. The molecule has 0 saturated carbocycles. The molecule has 3 rings (SSSR count). The molecule has 0 aliphatic carbocycles. The molecule has 0 saturated heterocycles. The van der Waals surface area contributed by atoms with E-state index in [1.54, 1.807) is 23.1 Å². The third kappa shape index (κ3) is 4.13. The van der Waals surface area contributed by atoms with Gasteiger partial charge in [-0.3, -0.25) is 0 Å². The SMILES string of the molecule is Cc1ccc(Nc2nnc(SCc3ccc(C#N)cc3)s2)cc1C. The lowest BCUT2D eigenvalue weighted by Gasteiger charge is -2.05. The summed E-state index contributed by atoms with van der Waals surface area (Å²) >= 11 is 3.19. The van der Waals surface area contributed by atoms with E-state index in [4.69, 9.17) is 5.26 Å². The van der Waals surface area contributed by atoms with Crippen molar-refractivity contribution in [2.45, 2.75) is 23.9 Å². The summed E-state index contributed by atoms with van der Waals surface area (Å²) in [7, 11) is 0. The first-order chi connectivity index (χ1) is 11.6. The van der Waals surface area contributed by atoms with Gasteiger partial charge in [-0.05, 0) is 54.8 Å². The Bertz CT molecular complexity index is 879. The number of anilines is 2. The fraction of sp³-hybridized carbons (Fsp3) is 0.167. The van der Waals surface area contributed by atoms with Crippen LogP contribution in [0.5, 0.6) is 0 Å². The van der Waals surface area contributed by atoms with Crippen LogP contribution < -0.4 is 5.32 Å². The Kier molecular flexibility index (Phi) is 5.14. The van der Waals surface area contributed by atoms with Crippen molar-refractivity contribution in [1.29, 1.82) is 5.26 Å². The highest BCUT2D eigenvalue weighted by Gasteiger charge is 2.06. The maximum Gasteiger partial charge on any atom is 0.210 e. The third-order valence-electron chi connectivity index (χ3n) is 3.61. The highest BCUT2D eigenvalue weighted by Crippen LogP contribution is 2.30. The topological polar surface area (TPSA) is 61.6 Å². The minimum Gasteiger partial charge on any atom is -0.330 e. The average molecular weight is 352 g/mol. The normalized spacial score (nSPS) is 10.4. The van der Waals surface area contributed by atoms with E-state index in [0.29, 0.717) is 5.56 Å². The molecule has 120 valence electrons. The van der Waals surface area contributed by atoms with Crippen LogP contribution in [-0.2, 0) is 5.75 Å². The molecule has 0 aliphatic rings. The summed E-state index contributed by atoms with van der Waals surface area (Å²) in [6, 6.07) is 16.0. The Morgan fingerprint density at radius 1 is 1.08 bits per heavy atom. The van der Waals surface area contributed by atoms with Gasteiger partial charge in [-0.15, -0.1) is 10.2 Å². The molecule has 24 heavy (non-hydrogen) atoms. The van der Waals surface area contributed by atoms with Gasteiger partial charge < -0.3 is 5.32 Å². The average Bonchev–Trinajstić information content (AvgIpc) is 3.04. The van der Waals surface area contributed by atoms with Crippen molar-refractivity contribution >= 4 is 33.9 Å². The summed E-state index contributed by atoms with van der Waals surface area (Å²) in [6.07, 6.45) is 0.